The first-order chi connectivity index (χ1) is 19.3. The average Bonchev–Trinajstić information content (AvgIpc) is 3.52. The number of likely N-dealkylation sites (N-methyl/N-ethyl adjacent to an activating group) is 1. The summed E-state index contributed by atoms with van der Waals surface area (Å²) in [7, 11) is 1.53. The van der Waals surface area contributed by atoms with Crippen LogP contribution < -0.4 is 34.0 Å². The van der Waals surface area contributed by atoms with Crippen molar-refractivity contribution in [3.8, 4) is 0 Å². The normalized spacial score (nSPS) is 55.0. The minimum absolute atomic E-state index is 0.0974. The van der Waals surface area contributed by atoms with Crippen LogP contribution in [-0.4, -0.2) is 149 Å². The topological polar surface area (TPSA) is 302 Å². The van der Waals surface area contributed by atoms with Gasteiger partial charge in [0, 0.05) is 12.1 Å². The van der Waals surface area contributed by atoms with E-state index in [1.165, 1.54) is 7.05 Å². The van der Waals surface area contributed by atoms with E-state index in [-0.39, 0.29) is 18.8 Å². The molecule has 5 aliphatic rings. The summed E-state index contributed by atoms with van der Waals surface area (Å²) in [5.41, 5.74) is 27.7. The Kier molecular flexibility index (Phi) is 8.81. The molecule has 0 aromatic rings. The molecule has 0 amide bonds. The number of fused-ring (bicyclic) bond motifs is 2. The molecule has 3 aliphatic heterocycles. The van der Waals surface area contributed by atoms with Gasteiger partial charge in [-0.3, -0.25) is 0 Å². The molecule has 3 saturated heterocycles. The zero-order valence-electron chi connectivity index (χ0n) is 22.4. The van der Waals surface area contributed by atoms with E-state index < -0.39 is 116 Å². The van der Waals surface area contributed by atoms with E-state index in [2.05, 4.69) is 10.3 Å². The maximum atomic E-state index is 15.0. The number of ether oxygens (including phenoxy) is 5. The second-order valence-corrected chi connectivity index (χ2v) is 11.5. The summed E-state index contributed by atoms with van der Waals surface area (Å²) in [5, 5.41) is 55.5. The summed E-state index contributed by atoms with van der Waals surface area (Å²) in [6.45, 7) is -0.599. The Bertz CT molecular complexity index is 968. The second kappa shape index (κ2) is 11.6. The molecule has 3 heterocycles. The minimum Gasteiger partial charge on any atom is -0.394 e. The van der Waals surface area contributed by atoms with Crippen LogP contribution in [0.4, 0.5) is 4.39 Å². The van der Waals surface area contributed by atoms with E-state index in [0.717, 1.165) is 0 Å². The third kappa shape index (κ3) is 5.22. The predicted molar refractivity (Wildman–Crippen MR) is 136 cm³/mol. The van der Waals surface area contributed by atoms with Crippen molar-refractivity contribution in [1.29, 1.82) is 0 Å². The van der Waals surface area contributed by atoms with E-state index in [1.807, 2.05) is 0 Å². The highest BCUT2D eigenvalue weighted by Crippen LogP contribution is 2.58. The van der Waals surface area contributed by atoms with Crippen molar-refractivity contribution in [3.63, 3.8) is 0 Å². The molecular weight excluding hydrogens is 553 g/mol. The van der Waals surface area contributed by atoms with Crippen molar-refractivity contribution in [1.82, 2.24) is 5.32 Å². The number of hydrogen-bond donors (Lipinski definition) is 11. The quantitative estimate of drug-likeness (QED) is 0.0962. The molecule has 0 bridgehead atoms. The molecule has 0 radical (unpaired) electrons. The van der Waals surface area contributed by atoms with Crippen LogP contribution in [0, 0.1) is 5.92 Å². The van der Waals surface area contributed by atoms with Crippen molar-refractivity contribution >= 4 is 5.96 Å². The Morgan fingerprint density at radius 3 is 2.29 bits per heavy atom. The van der Waals surface area contributed by atoms with Crippen LogP contribution in [0.3, 0.4) is 0 Å². The smallest absolute Gasteiger partial charge is 0.189 e. The molecule has 12 unspecified atom stereocenters. The lowest BCUT2D eigenvalue weighted by molar-refractivity contribution is -0.373. The third-order valence-corrected chi connectivity index (χ3v) is 8.96. The van der Waals surface area contributed by atoms with Gasteiger partial charge >= 0.3 is 0 Å². The largest absolute Gasteiger partial charge is 0.394 e. The molecule has 17 nitrogen and oxygen atoms in total. The molecule has 16 N–H and O–H groups in total. The molecule has 0 aromatic heterocycles. The molecule has 5 fully saturated rings. The molecule has 18 heteroatoms. The summed E-state index contributed by atoms with van der Waals surface area (Å²) < 4.78 is 44.6. The molecule has 0 aromatic carbocycles. The molecule has 18 atom stereocenters. The molecule has 2 saturated carbocycles. The van der Waals surface area contributed by atoms with Gasteiger partial charge in [-0.25, -0.2) is 9.38 Å². The number of alkyl halides is 1. The Morgan fingerprint density at radius 1 is 0.951 bits per heavy atom. The summed E-state index contributed by atoms with van der Waals surface area (Å²) >= 11 is 0. The van der Waals surface area contributed by atoms with Crippen molar-refractivity contribution in [2.45, 2.75) is 116 Å². The highest BCUT2D eigenvalue weighted by Gasteiger charge is 2.77. The number of aliphatic imine (C=N–C) groups is 1. The molecule has 236 valence electrons. The van der Waals surface area contributed by atoms with Crippen molar-refractivity contribution in [2.75, 3.05) is 13.7 Å². The van der Waals surface area contributed by atoms with Crippen LogP contribution in [-0.2, 0) is 23.7 Å². The Hall–Kier alpha value is -1.36. The first kappa shape index (κ1) is 31.1. The summed E-state index contributed by atoms with van der Waals surface area (Å²) in [5.74, 6) is -1.29. The molecule has 0 spiro atoms. The van der Waals surface area contributed by atoms with E-state index >= 15 is 0 Å². The highest BCUT2D eigenvalue weighted by atomic mass is 19.1. The minimum atomic E-state index is -1.65. The second-order valence-electron chi connectivity index (χ2n) is 11.5. The first-order valence-electron chi connectivity index (χ1n) is 13.6. The predicted octanol–water partition coefficient (Wildman–Crippen LogP) is -6.66. The van der Waals surface area contributed by atoms with Gasteiger partial charge in [0.15, 0.2) is 24.8 Å². The number of guanidine groups is 1. The third-order valence-electron chi connectivity index (χ3n) is 8.96. The Labute approximate surface area is 235 Å². The van der Waals surface area contributed by atoms with Gasteiger partial charge in [-0.2, -0.15) is 0 Å². The van der Waals surface area contributed by atoms with Crippen LogP contribution in [0.1, 0.15) is 12.8 Å². The fraction of sp³-hybridized carbons (Fsp3) is 0.957. The number of rotatable bonds is 7. The zero-order chi connectivity index (χ0) is 30.0. The standard InChI is InChI=1S/C23H42FN7O10/c1-30-12-15(35)17-7(37-20(12)40-21-16(36)14(34)11(31-22(28)29)8(4-32)38-21)2-6(26)19(39-17)41-23-9(27)3-5(25)13(33)10(23)18(23)24/h5-21,30,32-36H,2-4,25-27H2,1H3,(H4,28,29,31)/t5-,6?,7+,8?,9?,10?,11-,12?,13?,14?,15?,16?,17?,18-,19-,20?,21-,23?/m1/s1. The van der Waals surface area contributed by atoms with Gasteiger partial charge in [-0.05, 0) is 19.9 Å². The number of nitrogens with two attached hydrogens (primary N) is 5. The fourth-order valence-corrected chi connectivity index (χ4v) is 6.67. The zero-order valence-corrected chi connectivity index (χ0v) is 22.4. The molecule has 41 heavy (non-hydrogen) atoms. The number of nitrogens with zero attached hydrogens (tertiary/aromatic N) is 1. The Balaban J connectivity index is 1.27. The summed E-state index contributed by atoms with van der Waals surface area (Å²) in [6.07, 6.45) is -13.8. The first-order valence-corrected chi connectivity index (χ1v) is 13.6. The monoisotopic (exact) mass is 595 g/mol. The number of nitrogens with one attached hydrogen (secondary N) is 1. The average molecular weight is 596 g/mol. The maximum Gasteiger partial charge on any atom is 0.189 e. The van der Waals surface area contributed by atoms with E-state index in [0.29, 0.717) is 0 Å². The van der Waals surface area contributed by atoms with Gasteiger partial charge in [0.1, 0.15) is 48.3 Å². The SMILES string of the molecule is CNC1C(O[C@H]2OC(CO)[C@@H](N=C(N)N)C(O)C2O)O[C@H]2CC(N)[C@@H](OC34C(N)C[C@@H](N)C(O)C3[C@H]4F)OC2C1O. The number of halogens is 1. The molecular formula is C23H42FN7O10. The van der Waals surface area contributed by atoms with E-state index in [4.69, 9.17) is 52.4 Å². The lowest BCUT2D eigenvalue weighted by Gasteiger charge is -2.51. The number of aliphatic hydroxyl groups is 5. The van der Waals surface area contributed by atoms with Gasteiger partial charge in [0.2, 0.25) is 0 Å². The van der Waals surface area contributed by atoms with Gasteiger partial charge in [-0.1, -0.05) is 0 Å². The maximum absolute atomic E-state index is 15.0. The van der Waals surface area contributed by atoms with Crippen LogP contribution in [0.15, 0.2) is 4.99 Å². The summed E-state index contributed by atoms with van der Waals surface area (Å²) in [4.78, 5) is 3.83. The van der Waals surface area contributed by atoms with Crippen LogP contribution >= 0.6 is 0 Å². The van der Waals surface area contributed by atoms with Crippen LogP contribution in [0.2, 0.25) is 0 Å². The Morgan fingerprint density at radius 2 is 1.66 bits per heavy atom. The highest BCUT2D eigenvalue weighted by molar-refractivity contribution is 5.76. The summed E-state index contributed by atoms with van der Waals surface area (Å²) in [6, 6.07) is -4.42. The van der Waals surface area contributed by atoms with Gasteiger partial charge in [0.25, 0.3) is 0 Å². The number of hydrogen-bond acceptors (Lipinski definition) is 15. The lowest BCUT2D eigenvalue weighted by atomic mass is 9.86. The van der Waals surface area contributed by atoms with Crippen molar-refractivity contribution in [3.05, 3.63) is 0 Å². The van der Waals surface area contributed by atoms with Crippen molar-refractivity contribution < 1.29 is 53.6 Å². The van der Waals surface area contributed by atoms with Crippen LogP contribution in [0.25, 0.3) is 0 Å². The molecule has 2 aliphatic carbocycles. The molecule has 5 rings (SSSR count). The van der Waals surface area contributed by atoms with Crippen molar-refractivity contribution in [2.24, 2.45) is 39.6 Å². The van der Waals surface area contributed by atoms with Crippen LogP contribution in [0.5, 0.6) is 0 Å². The van der Waals surface area contributed by atoms with Gasteiger partial charge in [-0.15, -0.1) is 0 Å². The lowest BCUT2D eigenvalue weighted by Crippen LogP contribution is -2.69. The van der Waals surface area contributed by atoms with E-state index in [1.54, 1.807) is 0 Å². The van der Waals surface area contributed by atoms with Gasteiger partial charge in [0.05, 0.1) is 36.8 Å². The number of aliphatic hydroxyl groups excluding tert-OH is 5. The van der Waals surface area contributed by atoms with Gasteiger partial charge < -0.3 is 83.2 Å². The van der Waals surface area contributed by atoms with E-state index in [9.17, 15) is 29.9 Å². The fourth-order valence-electron chi connectivity index (χ4n) is 6.67.